The van der Waals surface area contributed by atoms with Gasteiger partial charge in [-0.3, -0.25) is 4.98 Å². The van der Waals surface area contributed by atoms with Crippen molar-refractivity contribution in [3.63, 3.8) is 0 Å². The molecule has 1 aromatic carbocycles. The summed E-state index contributed by atoms with van der Waals surface area (Å²) >= 11 is 0. The number of hydrogen-bond donors (Lipinski definition) is 3. The molecule has 22 heavy (non-hydrogen) atoms. The lowest BCUT2D eigenvalue weighted by atomic mass is 10.1. The van der Waals surface area contributed by atoms with Gasteiger partial charge in [0.15, 0.2) is 0 Å². The molecule has 2 aromatic rings. The summed E-state index contributed by atoms with van der Waals surface area (Å²) in [5, 5.41) is 16.3. The maximum Gasteiger partial charge on any atom is 0.237 e. The predicted octanol–water partition coefficient (Wildman–Crippen LogP) is 0.939. The lowest BCUT2D eigenvalue weighted by Crippen LogP contribution is -2.30. The van der Waals surface area contributed by atoms with Crippen molar-refractivity contribution in [1.82, 2.24) is 20.6 Å². The van der Waals surface area contributed by atoms with Crippen molar-refractivity contribution in [3.05, 3.63) is 48.4 Å². The highest BCUT2D eigenvalue weighted by atomic mass is 16.5. The van der Waals surface area contributed by atoms with Crippen LogP contribution in [-0.2, 0) is 6.54 Å². The first-order chi connectivity index (χ1) is 10.8. The summed E-state index contributed by atoms with van der Waals surface area (Å²) in [4.78, 5) is 8.03. The molecule has 0 saturated carbocycles. The van der Waals surface area contributed by atoms with E-state index in [1.54, 1.807) is 18.6 Å². The molecule has 2 atom stereocenters. The summed E-state index contributed by atoms with van der Waals surface area (Å²) in [7, 11) is 0. The summed E-state index contributed by atoms with van der Waals surface area (Å²) in [6.45, 7) is 3.15. The van der Waals surface area contributed by atoms with Crippen LogP contribution in [0.2, 0.25) is 0 Å². The van der Waals surface area contributed by atoms with Gasteiger partial charge >= 0.3 is 0 Å². The molecule has 116 valence electrons. The minimum absolute atomic E-state index is 0.241. The van der Waals surface area contributed by atoms with E-state index in [1.807, 2.05) is 24.3 Å². The van der Waals surface area contributed by atoms with Crippen LogP contribution in [0.15, 0.2) is 42.9 Å². The van der Waals surface area contributed by atoms with Gasteiger partial charge in [0.25, 0.3) is 0 Å². The number of aromatic nitrogens is 2. The molecule has 2 heterocycles. The highest BCUT2D eigenvalue weighted by Gasteiger charge is 2.23. The molecule has 1 aromatic heterocycles. The van der Waals surface area contributed by atoms with Crippen LogP contribution in [0.5, 0.6) is 11.6 Å². The summed E-state index contributed by atoms with van der Waals surface area (Å²) in [6.07, 6.45) is 4.55. The smallest absolute Gasteiger partial charge is 0.237 e. The number of β-amino-alcohol motifs (C(OH)–C–C–N with tert-alkyl or cyclic N) is 1. The minimum atomic E-state index is -0.241. The molecule has 0 aliphatic carbocycles. The second-order valence-corrected chi connectivity index (χ2v) is 5.41. The summed E-state index contributed by atoms with van der Waals surface area (Å²) < 4.78 is 5.60. The second kappa shape index (κ2) is 7.31. The molecule has 6 heteroatoms. The van der Waals surface area contributed by atoms with Crippen molar-refractivity contribution in [2.75, 3.05) is 19.6 Å². The van der Waals surface area contributed by atoms with E-state index in [2.05, 4.69) is 20.6 Å². The fourth-order valence-electron chi connectivity index (χ4n) is 2.46. The Morgan fingerprint density at radius 1 is 1.23 bits per heavy atom. The molecule has 0 amide bonds. The molecule has 2 unspecified atom stereocenters. The van der Waals surface area contributed by atoms with Gasteiger partial charge in [-0.25, -0.2) is 4.98 Å². The van der Waals surface area contributed by atoms with Crippen molar-refractivity contribution in [3.8, 4) is 11.6 Å². The summed E-state index contributed by atoms with van der Waals surface area (Å²) in [6, 6.07) is 7.86. The Hall–Kier alpha value is -2.02. The lowest BCUT2D eigenvalue weighted by Gasteiger charge is -2.14. The van der Waals surface area contributed by atoms with Crippen LogP contribution < -0.4 is 15.4 Å². The zero-order chi connectivity index (χ0) is 15.2. The van der Waals surface area contributed by atoms with Crippen LogP contribution in [0.3, 0.4) is 0 Å². The Morgan fingerprint density at radius 3 is 2.77 bits per heavy atom. The normalized spacial score (nSPS) is 21.0. The third-order valence-corrected chi connectivity index (χ3v) is 3.73. The zero-order valence-electron chi connectivity index (χ0n) is 12.3. The van der Waals surface area contributed by atoms with E-state index >= 15 is 0 Å². The Balaban J connectivity index is 1.47. The van der Waals surface area contributed by atoms with E-state index in [0.717, 1.165) is 25.4 Å². The Labute approximate surface area is 129 Å². The number of nitrogens with zero attached hydrogens (tertiary/aromatic N) is 2. The number of hydrogen-bond acceptors (Lipinski definition) is 6. The first kappa shape index (κ1) is 14.9. The molecular formula is C16H20N4O2. The summed E-state index contributed by atoms with van der Waals surface area (Å²) in [5.74, 6) is 1.51. The van der Waals surface area contributed by atoms with Crippen molar-refractivity contribution in [2.24, 2.45) is 5.92 Å². The highest BCUT2D eigenvalue weighted by Crippen LogP contribution is 2.18. The topological polar surface area (TPSA) is 79.3 Å². The van der Waals surface area contributed by atoms with Gasteiger partial charge in [0.05, 0.1) is 12.3 Å². The summed E-state index contributed by atoms with van der Waals surface area (Å²) in [5.41, 5.74) is 1.17. The van der Waals surface area contributed by atoms with E-state index in [0.29, 0.717) is 18.3 Å². The van der Waals surface area contributed by atoms with Gasteiger partial charge in [0.1, 0.15) is 5.75 Å². The van der Waals surface area contributed by atoms with Crippen LogP contribution >= 0.6 is 0 Å². The SMILES string of the molecule is OC1CNCC1CNCc1ccc(Oc2cnccn2)cc1. The molecule has 0 bridgehead atoms. The van der Waals surface area contributed by atoms with Gasteiger partial charge in [-0.1, -0.05) is 12.1 Å². The highest BCUT2D eigenvalue weighted by molar-refractivity contribution is 5.29. The average Bonchev–Trinajstić information content (AvgIpc) is 2.95. The first-order valence-corrected chi connectivity index (χ1v) is 7.43. The van der Waals surface area contributed by atoms with E-state index in [-0.39, 0.29) is 6.10 Å². The van der Waals surface area contributed by atoms with E-state index in [1.165, 1.54) is 5.56 Å². The van der Waals surface area contributed by atoms with Crippen LogP contribution in [0.25, 0.3) is 0 Å². The fraction of sp³-hybridized carbons (Fsp3) is 0.375. The molecule has 1 fully saturated rings. The number of ether oxygens (including phenoxy) is 1. The van der Waals surface area contributed by atoms with E-state index < -0.39 is 0 Å². The number of benzene rings is 1. The molecule has 1 saturated heterocycles. The maximum absolute atomic E-state index is 9.73. The molecule has 1 aliphatic heterocycles. The van der Waals surface area contributed by atoms with Gasteiger partial charge in [-0.15, -0.1) is 0 Å². The third-order valence-electron chi connectivity index (χ3n) is 3.73. The molecule has 0 radical (unpaired) electrons. The van der Waals surface area contributed by atoms with Gasteiger partial charge in [-0.2, -0.15) is 0 Å². The molecule has 3 rings (SSSR count). The van der Waals surface area contributed by atoms with Crippen molar-refractivity contribution >= 4 is 0 Å². The maximum atomic E-state index is 9.73. The Morgan fingerprint density at radius 2 is 2.09 bits per heavy atom. The molecule has 0 spiro atoms. The predicted molar refractivity (Wildman–Crippen MR) is 82.6 cm³/mol. The largest absolute Gasteiger partial charge is 0.438 e. The van der Waals surface area contributed by atoms with E-state index in [9.17, 15) is 5.11 Å². The van der Waals surface area contributed by atoms with Crippen molar-refractivity contribution in [2.45, 2.75) is 12.6 Å². The number of nitrogens with one attached hydrogen (secondary N) is 2. The fourth-order valence-corrected chi connectivity index (χ4v) is 2.46. The third kappa shape index (κ3) is 4.00. The van der Waals surface area contributed by atoms with Crippen molar-refractivity contribution < 1.29 is 9.84 Å². The van der Waals surface area contributed by atoms with Gasteiger partial charge in [0, 0.05) is 44.5 Å². The Kier molecular flexibility index (Phi) is 4.95. The molecule has 1 aliphatic rings. The molecule has 6 nitrogen and oxygen atoms in total. The average molecular weight is 300 g/mol. The number of aliphatic hydroxyl groups is 1. The molecule has 3 N–H and O–H groups in total. The molecular weight excluding hydrogens is 280 g/mol. The lowest BCUT2D eigenvalue weighted by molar-refractivity contribution is 0.146. The quantitative estimate of drug-likeness (QED) is 0.737. The minimum Gasteiger partial charge on any atom is -0.438 e. The number of aliphatic hydroxyl groups excluding tert-OH is 1. The van der Waals surface area contributed by atoms with Crippen molar-refractivity contribution in [1.29, 1.82) is 0 Å². The standard InChI is InChI=1S/C16H20N4O2/c21-15-10-19-9-13(15)8-18-7-12-1-3-14(4-2-12)22-16-11-17-5-6-20-16/h1-6,11,13,15,18-19,21H,7-10H2. The van der Waals surface area contributed by atoms with Gasteiger partial charge < -0.3 is 20.5 Å². The van der Waals surface area contributed by atoms with Crippen LogP contribution in [0.4, 0.5) is 0 Å². The Bertz CT molecular complexity index is 576. The van der Waals surface area contributed by atoms with Gasteiger partial charge in [0.2, 0.25) is 5.88 Å². The van der Waals surface area contributed by atoms with Crippen LogP contribution in [0, 0.1) is 5.92 Å². The first-order valence-electron chi connectivity index (χ1n) is 7.43. The zero-order valence-corrected chi connectivity index (χ0v) is 12.3. The van der Waals surface area contributed by atoms with Gasteiger partial charge in [-0.05, 0) is 17.7 Å². The van der Waals surface area contributed by atoms with E-state index in [4.69, 9.17) is 4.74 Å². The monoisotopic (exact) mass is 300 g/mol. The van der Waals surface area contributed by atoms with Crippen LogP contribution in [-0.4, -0.2) is 40.8 Å². The number of rotatable bonds is 6. The van der Waals surface area contributed by atoms with Crippen LogP contribution in [0.1, 0.15) is 5.56 Å². The second-order valence-electron chi connectivity index (χ2n) is 5.41.